The Balaban J connectivity index is 2.12. The standard InChI is InChI=1S/C18H20N2O5S/c1-18(2,3)25-17(22)12-7-9-14(10-8-12)20-16(21)13-5-4-6-15(11-13)26(19,23)24/h4-11H,1-3H3,(H,20,21)(H2,19,23,24). The fourth-order valence-corrected chi connectivity index (χ4v) is 2.60. The van der Waals surface area contributed by atoms with E-state index in [4.69, 9.17) is 9.88 Å². The van der Waals surface area contributed by atoms with Gasteiger partial charge in [0.15, 0.2) is 0 Å². The number of rotatable bonds is 4. The number of benzene rings is 2. The lowest BCUT2D eigenvalue weighted by Crippen LogP contribution is -2.23. The van der Waals surface area contributed by atoms with Crippen LogP contribution in [0.3, 0.4) is 0 Å². The van der Waals surface area contributed by atoms with Crippen molar-refractivity contribution >= 4 is 27.6 Å². The number of anilines is 1. The van der Waals surface area contributed by atoms with Crippen LogP contribution in [-0.4, -0.2) is 25.9 Å². The minimum atomic E-state index is -3.89. The minimum absolute atomic E-state index is 0.146. The maximum atomic E-state index is 12.3. The highest BCUT2D eigenvalue weighted by Gasteiger charge is 2.18. The van der Waals surface area contributed by atoms with Gasteiger partial charge in [-0.25, -0.2) is 18.4 Å². The summed E-state index contributed by atoms with van der Waals surface area (Å²) in [6, 6.07) is 11.6. The van der Waals surface area contributed by atoms with E-state index in [9.17, 15) is 18.0 Å². The van der Waals surface area contributed by atoms with Crippen LogP contribution in [0.15, 0.2) is 53.4 Å². The first-order chi connectivity index (χ1) is 12.0. The highest BCUT2D eigenvalue weighted by atomic mass is 32.2. The number of nitrogens with one attached hydrogen (secondary N) is 1. The number of sulfonamides is 1. The lowest BCUT2D eigenvalue weighted by atomic mass is 10.1. The Labute approximate surface area is 152 Å². The molecule has 8 heteroatoms. The first-order valence-electron chi connectivity index (χ1n) is 7.73. The molecule has 3 N–H and O–H groups in total. The number of esters is 1. The maximum Gasteiger partial charge on any atom is 0.338 e. The molecule has 0 saturated heterocycles. The Hall–Kier alpha value is -2.71. The van der Waals surface area contributed by atoms with E-state index in [-0.39, 0.29) is 10.5 Å². The van der Waals surface area contributed by atoms with Crippen molar-refractivity contribution in [2.75, 3.05) is 5.32 Å². The average molecular weight is 376 g/mol. The van der Waals surface area contributed by atoms with Crippen LogP contribution in [-0.2, 0) is 14.8 Å². The van der Waals surface area contributed by atoms with E-state index in [0.29, 0.717) is 11.3 Å². The summed E-state index contributed by atoms with van der Waals surface area (Å²) < 4.78 is 28.0. The van der Waals surface area contributed by atoms with Crippen molar-refractivity contribution in [1.82, 2.24) is 0 Å². The molecule has 0 unspecified atom stereocenters. The molecule has 0 saturated carbocycles. The number of hydrogen-bond acceptors (Lipinski definition) is 5. The lowest BCUT2D eigenvalue weighted by molar-refractivity contribution is 0.00695. The Morgan fingerprint density at radius 3 is 2.15 bits per heavy atom. The van der Waals surface area contributed by atoms with Gasteiger partial charge in [-0.05, 0) is 63.2 Å². The van der Waals surface area contributed by atoms with Crippen LogP contribution in [0.4, 0.5) is 5.69 Å². The molecule has 1 amide bonds. The van der Waals surface area contributed by atoms with Gasteiger partial charge in [0.2, 0.25) is 10.0 Å². The largest absolute Gasteiger partial charge is 0.456 e. The summed E-state index contributed by atoms with van der Waals surface area (Å²) in [5.41, 5.74) is 0.350. The van der Waals surface area contributed by atoms with E-state index in [1.807, 2.05) is 0 Å². The third-order valence-corrected chi connectivity index (χ3v) is 4.11. The zero-order valence-corrected chi connectivity index (χ0v) is 15.5. The van der Waals surface area contributed by atoms with Crippen LogP contribution in [0.5, 0.6) is 0 Å². The van der Waals surface area contributed by atoms with E-state index >= 15 is 0 Å². The molecule has 0 aromatic heterocycles. The molecule has 0 aliphatic carbocycles. The molecule has 0 aliphatic heterocycles. The van der Waals surface area contributed by atoms with Gasteiger partial charge < -0.3 is 10.1 Å². The number of primary sulfonamides is 1. The van der Waals surface area contributed by atoms with Crippen molar-refractivity contribution in [2.45, 2.75) is 31.3 Å². The second kappa shape index (κ2) is 7.27. The van der Waals surface area contributed by atoms with Crippen molar-refractivity contribution in [2.24, 2.45) is 5.14 Å². The van der Waals surface area contributed by atoms with Crippen LogP contribution in [0.1, 0.15) is 41.5 Å². The molecule has 2 aromatic rings. The average Bonchev–Trinajstić information content (AvgIpc) is 2.53. The lowest BCUT2D eigenvalue weighted by Gasteiger charge is -2.19. The van der Waals surface area contributed by atoms with Crippen LogP contribution in [0, 0.1) is 0 Å². The monoisotopic (exact) mass is 376 g/mol. The molecular weight excluding hydrogens is 356 g/mol. The molecule has 0 aliphatic rings. The molecule has 0 atom stereocenters. The quantitative estimate of drug-likeness (QED) is 0.796. The molecular formula is C18H20N2O5S. The normalized spacial score (nSPS) is 11.7. The minimum Gasteiger partial charge on any atom is -0.456 e. The van der Waals surface area contributed by atoms with Gasteiger partial charge in [-0.15, -0.1) is 0 Å². The van der Waals surface area contributed by atoms with Crippen molar-refractivity contribution in [3.63, 3.8) is 0 Å². The van der Waals surface area contributed by atoms with Crippen molar-refractivity contribution in [3.05, 3.63) is 59.7 Å². The zero-order valence-electron chi connectivity index (χ0n) is 14.6. The smallest absolute Gasteiger partial charge is 0.338 e. The van der Waals surface area contributed by atoms with E-state index < -0.39 is 27.5 Å². The zero-order chi connectivity index (χ0) is 19.5. The van der Waals surface area contributed by atoms with E-state index in [1.54, 1.807) is 32.9 Å². The third kappa shape index (κ3) is 5.40. The Morgan fingerprint density at radius 1 is 1.00 bits per heavy atom. The molecule has 0 radical (unpaired) electrons. The summed E-state index contributed by atoms with van der Waals surface area (Å²) in [5.74, 6) is -0.961. The summed E-state index contributed by atoms with van der Waals surface area (Å²) in [7, 11) is -3.89. The summed E-state index contributed by atoms with van der Waals surface area (Å²) >= 11 is 0. The van der Waals surface area contributed by atoms with Gasteiger partial charge in [-0.2, -0.15) is 0 Å². The molecule has 0 heterocycles. The number of carbonyl (C=O) groups excluding carboxylic acids is 2. The van der Waals surface area contributed by atoms with Crippen molar-refractivity contribution in [3.8, 4) is 0 Å². The Bertz CT molecular complexity index is 929. The first kappa shape index (κ1) is 19.6. The molecule has 2 aromatic carbocycles. The van der Waals surface area contributed by atoms with Crippen LogP contribution >= 0.6 is 0 Å². The second-order valence-corrected chi connectivity index (χ2v) is 8.17. The summed E-state index contributed by atoms with van der Waals surface area (Å²) in [4.78, 5) is 24.1. The van der Waals surface area contributed by atoms with Gasteiger partial charge in [-0.1, -0.05) is 6.07 Å². The molecule has 7 nitrogen and oxygen atoms in total. The number of nitrogens with two attached hydrogens (primary N) is 1. The van der Waals surface area contributed by atoms with Gasteiger partial charge >= 0.3 is 5.97 Å². The highest BCUT2D eigenvalue weighted by molar-refractivity contribution is 7.89. The first-order valence-corrected chi connectivity index (χ1v) is 9.28. The number of carbonyl (C=O) groups is 2. The predicted molar refractivity (Wildman–Crippen MR) is 97.4 cm³/mol. The summed E-state index contributed by atoms with van der Waals surface area (Å²) in [6.07, 6.45) is 0. The fraction of sp³-hybridized carbons (Fsp3) is 0.222. The van der Waals surface area contributed by atoms with Gasteiger partial charge in [0, 0.05) is 11.3 Å². The maximum absolute atomic E-state index is 12.3. The summed E-state index contributed by atoms with van der Waals surface area (Å²) in [6.45, 7) is 5.32. The van der Waals surface area contributed by atoms with Gasteiger partial charge in [0.25, 0.3) is 5.91 Å². The van der Waals surface area contributed by atoms with Gasteiger partial charge in [0.05, 0.1) is 10.5 Å². The molecule has 0 bridgehead atoms. The number of amides is 1. The van der Waals surface area contributed by atoms with Crippen molar-refractivity contribution in [1.29, 1.82) is 0 Å². The third-order valence-electron chi connectivity index (χ3n) is 3.20. The molecule has 0 spiro atoms. The molecule has 26 heavy (non-hydrogen) atoms. The van der Waals surface area contributed by atoms with Crippen LogP contribution in [0.25, 0.3) is 0 Å². The SMILES string of the molecule is CC(C)(C)OC(=O)c1ccc(NC(=O)c2cccc(S(N)(=O)=O)c2)cc1. The van der Waals surface area contributed by atoms with Gasteiger partial charge in [-0.3, -0.25) is 4.79 Å². The van der Waals surface area contributed by atoms with E-state index in [0.717, 1.165) is 0 Å². The van der Waals surface area contributed by atoms with Crippen molar-refractivity contribution < 1.29 is 22.7 Å². The molecule has 2 rings (SSSR count). The predicted octanol–water partition coefficient (Wildman–Crippen LogP) is 2.54. The fourth-order valence-electron chi connectivity index (χ4n) is 2.04. The number of ether oxygens (including phenoxy) is 1. The Morgan fingerprint density at radius 2 is 1.62 bits per heavy atom. The topological polar surface area (TPSA) is 116 Å². The van der Waals surface area contributed by atoms with E-state index in [1.165, 1.54) is 36.4 Å². The number of hydrogen-bond donors (Lipinski definition) is 2. The summed E-state index contributed by atoms with van der Waals surface area (Å²) in [5, 5.41) is 7.69. The van der Waals surface area contributed by atoms with Crippen LogP contribution < -0.4 is 10.5 Å². The Kier molecular flexibility index (Phi) is 5.48. The highest BCUT2D eigenvalue weighted by Crippen LogP contribution is 2.16. The molecule has 0 fully saturated rings. The van der Waals surface area contributed by atoms with E-state index in [2.05, 4.69) is 5.32 Å². The second-order valence-electron chi connectivity index (χ2n) is 6.61. The molecule has 138 valence electrons. The van der Waals surface area contributed by atoms with Gasteiger partial charge in [0.1, 0.15) is 5.60 Å². The van der Waals surface area contributed by atoms with Crippen LogP contribution in [0.2, 0.25) is 0 Å².